The van der Waals surface area contributed by atoms with E-state index in [2.05, 4.69) is 0 Å². The number of thiazole rings is 2. The van der Waals surface area contributed by atoms with E-state index in [9.17, 15) is 20.7 Å². The van der Waals surface area contributed by atoms with Crippen molar-refractivity contribution >= 4 is 44.3 Å². The lowest BCUT2D eigenvalue weighted by Gasteiger charge is -2.21. The lowest BCUT2D eigenvalue weighted by atomic mass is 10.1. The fourth-order valence-electron chi connectivity index (χ4n) is 2.75. The third-order valence-electron chi connectivity index (χ3n) is 4.09. The first-order chi connectivity index (χ1) is 13.4. The molecule has 3 aromatic rings. The van der Waals surface area contributed by atoms with Gasteiger partial charge in [0.15, 0.2) is 0 Å². The molecule has 0 unspecified atom stereocenters. The maximum Gasteiger partial charge on any atom is 0.391 e. The van der Waals surface area contributed by atoms with E-state index in [0.717, 1.165) is 9.72 Å². The Balaban J connectivity index is 1.75. The fourth-order valence-corrected chi connectivity index (χ4v) is 4.94. The van der Waals surface area contributed by atoms with Crippen LogP contribution in [0, 0.1) is 15.6 Å². The molecular weight excluding hydrogens is 402 g/mol. The Hall–Kier alpha value is -3.18. The highest BCUT2D eigenvalue weighted by Crippen LogP contribution is 2.34. The number of aromatic hydroxyl groups is 1. The molecular formula is C18H12N3O5S2-. The van der Waals surface area contributed by atoms with Crippen molar-refractivity contribution < 1.29 is 19.6 Å². The standard InChI is InChI=1S/C18H12N3O5S2/c22-17-16(8-11-4-6-13(7-5-11)20(23)24)28-18-19(17)15(10-27-18)12-2-1-3-14(9-12)21(25)26/h1-10,25H,(H-,22,23,24)/q-1. The van der Waals surface area contributed by atoms with Gasteiger partial charge in [-0.05, 0) is 53.3 Å². The quantitative estimate of drug-likeness (QED) is 0.384. The average Bonchev–Trinajstić information content (AvgIpc) is 3.23. The van der Waals surface area contributed by atoms with Crippen LogP contribution in [0.3, 0.4) is 0 Å². The van der Waals surface area contributed by atoms with E-state index in [4.69, 9.17) is 5.21 Å². The van der Waals surface area contributed by atoms with Crippen LogP contribution in [0.25, 0.3) is 21.5 Å². The number of aromatic nitrogens is 1. The second kappa shape index (κ2) is 7.09. The molecule has 2 heterocycles. The average molecular weight is 414 g/mol. The molecule has 2 aromatic heterocycles. The Morgan fingerprint density at radius 1 is 1.14 bits per heavy atom. The molecule has 142 valence electrons. The van der Waals surface area contributed by atoms with Gasteiger partial charge >= 0.3 is 10.0 Å². The maximum absolute atomic E-state index is 11.1. The zero-order valence-electron chi connectivity index (χ0n) is 14.1. The summed E-state index contributed by atoms with van der Waals surface area (Å²) in [6, 6.07) is 6.42. The van der Waals surface area contributed by atoms with Gasteiger partial charge in [-0.25, -0.2) is 0 Å². The van der Waals surface area contributed by atoms with Gasteiger partial charge in [0.2, 0.25) is 11.4 Å². The van der Waals surface area contributed by atoms with Gasteiger partial charge in [0.05, 0.1) is 11.1 Å². The summed E-state index contributed by atoms with van der Waals surface area (Å²) in [5.41, 5.74) is 2.16. The van der Waals surface area contributed by atoms with E-state index in [1.165, 1.54) is 47.0 Å². The number of hydrogen-bond donors (Lipinski definition) is 2. The van der Waals surface area contributed by atoms with Crippen LogP contribution >= 0.6 is 22.7 Å². The predicted molar refractivity (Wildman–Crippen MR) is 108 cm³/mol. The minimum absolute atomic E-state index is 0.00128. The predicted octanol–water partition coefficient (Wildman–Crippen LogP) is 3.57. The monoisotopic (exact) mass is 414 g/mol. The van der Waals surface area contributed by atoms with Gasteiger partial charge in [-0.15, -0.1) is 4.40 Å². The second-order valence-corrected chi connectivity index (χ2v) is 7.98. The molecule has 28 heavy (non-hydrogen) atoms. The molecule has 1 aliphatic rings. The van der Waals surface area contributed by atoms with Crippen LogP contribution in [0.4, 0.5) is 5.69 Å². The van der Waals surface area contributed by atoms with Crippen LogP contribution in [0.1, 0.15) is 4.88 Å². The minimum Gasteiger partial charge on any atom is -0.733 e. The summed E-state index contributed by atoms with van der Waals surface area (Å²) in [4.78, 5) is 0.138. The Morgan fingerprint density at radius 3 is 2.57 bits per heavy atom. The lowest BCUT2D eigenvalue weighted by Crippen LogP contribution is -2.18. The largest absolute Gasteiger partial charge is 0.733 e. The van der Waals surface area contributed by atoms with E-state index in [1.807, 2.05) is 5.38 Å². The van der Waals surface area contributed by atoms with Gasteiger partial charge in [0.1, 0.15) is 4.88 Å². The molecule has 0 saturated heterocycles. The number of hydrogen-bond acceptors (Lipinski definition) is 8. The minimum atomic E-state index is -0.464. The number of benzene rings is 1. The van der Waals surface area contributed by atoms with Gasteiger partial charge in [0, 0.05) is 17.7 Å². The molecule has 0 spiro atoms. The maximum atomic E-state index is 11.1. The van der Waals surface area contributed by atoms with Crippen molar-refractivity contribution in [2.75, 3.05) is 5.23 Å². The highest BCUT2D eigenvalue weighted by atomic mass is 32.2. The molecule has 0 atom stereocenters. The van der Waals surface area contributed by atoms with Crippen LogP contribution in [-0.2, 0) is 0 Å². The van der Waals surface area contributed by atoms with Gasteiger partial charge in [-0.1, -0.05) is 17.4 Å². The highest BCUT2D eigenvalue weighted by Gasteiger charge is 2.26. The molecule has 1 aromatic carbocycles. The summed E-state index contributed by atoms with van der Waals surface area (Å²) in [5.74, 6) is 0.0305. The van der Waals surface area contributed by atoms with Crippen molar-refractivity contribution in [1.29, 1.82) is 0 Å². The molecule has 0 bridgehead atoms. The van der Waals surface area contributed by atoms with Gasteiger partial charge in [-0.3, -0.25) is 5.21 Å². The topological polar surface area (TPSA) is 120 Å². The van der Waals surface area contributed by atoms with E-state index in [-0.39, 0.29) is 22.5 Å². The highest BCUT2D eigenvalue weighted by molar-refractivity contribution is 7.35. The molecule has 0 radical (unpaired) electrons. The van der Waals surface area contributed by atoms with Crippen molar-refractivity contribution in [3.8, 4) is 17.1 Å². The zero-order valence-corrected chi connectivity index (χ0v) is 15.7. The molecule has 0 amide bonds. The van der Waals surface area contributed by atoms with Crippen molar-refractivity contribution in [2.45, 2.75) is 0 Å². The van der Waals surface area contributed by atoms with Crippen molar-refractivity contribution in [3.63, 3.8) is 0 Å². The number of allylic oxidation sites excluding steroid dienone is 5. The summed E-state index contributed by atoms with van der Waals surface area (Å²) < 4.78 is 2.49. The Kier molecular flexibility index (Phi) is 4.61. The molecule has 0 aliphatic heterocycles. The Morgan fingerprint density at radius 2 is 1.89 bits per heavy atom. The van der Waals surface area contributed by atoms with Gasteiger partial charge in [0.25, 0.3) is 0 Å². The number of nitrogens with zero attached hydrogens (tertiary/aromatic N) is 3. The summed E-state index contributed by atoms with van der Waals surface area (Å²) in [7, 11) is 0. The van der Waals surface area contributed by atoms with Crippen molar-refractivity contribution in [1.82, 2.24) is 0 Å². The summed E-state index contributed by atoms with van der Waals surface area (Å²) in [6.07, 6.45) is 7.80. The Bertz CT molecular complexity index is 1170. The third-order valence-corrected chi connectivity index (χ3v) is 6.23. The normalized spacial score (nSPS) is 13.4. The first kappa shape index (κ1) is 18.2. The number of fused-ring (bicyclic) bond motifs is 1. The SMILES string of the molecule is [O-]N(O)c1cccc(-c2csc3sc(C=C4C=CC(=[N+]([O-])[O-])C=C4)c(O)[n+]23)c1. The van der Waals surface area contributed by atoms with Gasteiger partial charge in [-0.2, -0.15) is 4.90 Å². The fraction of sp³-hybridized carbons (Fsp3) is 0. The van der Waals surface area contributed by atoms with Crippen LogP contribution < -0.4 is 9.63 Å². The molecule has 10 heteroatoms. The second-order valence-electron chi connectivity index (χ2n) is 5.83. The lowest BCUT2D eigenvalue weighted by molar-refractivity contribution is -0.502. The molecule has 4 rings (SSSR count). The van der Waals surface area contributed by atoms with Gasteiger partial charge < -0.3 is 26.0 Å². The van der Waals surface area contributed by atoms with E-state index in [0.29, 0.717) is 16.1 Å². The van der Waals surface area contributed by atoms with Crippen LogP contribution in [-0.4, -0.2) is 20.9 Å². The van der Waals surface area contributed by atoms with Crippen molar-refractivity contribution in [2.24, 2.45) is 0 Å². The first-order valence-electron chi connectivity index (χ1n) is 7.95. The summed E-state index contributed by atoms with van der Waals surface area (Å²) >= 11 is 2.81. The third kappa shape index (κ3) is 3.25. The van der Waals surface area contributed by atoms with Crippen LogP contribution in [0.5, 0.6) is 5.88 Å². The van der Waals surface area contributed by atoms with Crippen LogP contribution in [0.2, 0.25) is 0 Å². The van der Waals surface area contributed by atoms with E-state index in [1.54, 1.807) is 34.8 Å². The molecule has 2 N–H and O–H groups in total. The molecule has 1 aliphatic carbocycles. The Labute approximate surface area is 166 Å². The first-order valence-corrected chi connectivity index (χ1v) is 9.64. The summed E-state index contributed by atoms with van der Waals surface area (Å²) in [6.45, 7) is 0. The van der Waals surface area contributed by atoms with Crippen molar-refractivity contribution in [3.05, 3.63) is 80.0 Å². The van der Waals surface area contributed by atoms with E-state index >= 15 is 0 Å². The van der Waals surface area contributed by atoms with Crippen LogP contribution in [0.15, 0.2) is 59.5 Å². The summed E-state index contributed by atoms with van der Waals surface area (Å²) in [5, 5.41) is 54.2. The molecule has 0 saturated carbocycles. The number of anilines is 1. The number of rotatable bonds is 3. The van der Waals surface area contributed by atoms with E-state index < -0.39 is 4.90 Å². The molecule has 0 fully saturated rings. The zero-order chi connectivity index (χ0) is 19.8. The smallest absolute Gasteiger partial charge is 0.391 e. The molecule has 8 nitrogen and oxygen atoms in total.